The number of phenols is 1. The molecule has 0 fully saturated rings. The zero-order valence-electron chi connectivity index (χ0n) is 12.4. The summed E-state index contributed by atoms with van der Waals surface area (Å²) in [6, 6.07) is 11.2. The molecule has 0 saturated heterocycles. The fraction of sp³-hybridized carbons (Fsp3) is 0.176. The topological polar surface area (TPSA) is 75.6 Å². The Morgan fingerprint density at radius 1 is 1.05 bits per heavy atom. The third-order valence-corrected chi connectivity index (χ3v) is 3.23. The van der Waals surface area contributed by atoms with Gasteiger partial charge in [0.2, 0.25) is 0 Å². The number of aromatic hydroxyl groups is 1. The predicted molar refractivity (Wildman–Crippen MR) is 82.9 cm³/mol. The summed E-state index contributed by atoms with van der Waals surface area (Å²) in [7, 11) is 0. The standard InChI is InChI=1S/C17H17NO4/c1-11-3-6-14(9-12(11)2)18-16(20)10-22-17(21)13-4-7-15(19)8-5-13/h3-9,19H,10H2,1-2H3,(H,18,20). The van der Waals surface area contributed by atoms with Crippen LogP contribution in [-0.4, -0.2) is 23.6 Å². The minimum absolute atomic E-state index is 0.0593. The number of ether oxygens (including phenoxy) is 1. The number of esters is 1. The quantitative estimate of drug-likeness (QED) is 0.851. The maximum absolute atomic E-state index is 11.8. The second-order valence-electron chi connectivity index (χ2n) is 4.97. The van der Waals surface area contributed by atoms with Crippen LogP contribution in [0.5, 0.6) is 5.75 Å². The first kappa shape index (κ1) is 15.6. The van der Waals surface area contributed by atoms with Crippen molar-refractivity contribution in [3.05, 3.63) is 59.2 Å². The lowest BCUT2D eigenvalue weighted by Crippen LogP contribution is -2.21. The van der Waals surface area contributed by atoms with Gasteiger partial charge in [-0.1, -0.05) is 6.07 Å². The molecule has 0 aliphatic rings. The van der Waals surface area contributed by atoms with Gasteiger partial charge in [-0.15, -0.1) is 0 Å². The van der Waals surface area contributed by atoms with Gasteiger partial charge in [0.1, 0.15) is 5.75 Å². The molecule has 0 aliphatic carbocycles. The number of nitrogens with one attached hydrogen (secondary N) is 1. The third kappa shape index (κ3) is 4.09. The lowest BCUT2D eigenvalue weighted by Gasteiger charge is -2.08. The number of rotatable bonds is 4. The minimum atomic E-state index is -0.616. The van der Waals surface area contributed by atoms with Crippen molar-refractivity contribution in [1.29, 1.82) is 0 Å². The Balaban J connectivity index is 1.88. The van der Waals surface area contributed by atoms with Crippen molar-refractivity contribution >= 4 is 17.6 Å². The molecular formula is C17H17NO4. The molecule has 2 rings (SSSR count). The SMILES string of the molecule is Cc1ccc(NC(=O)COC(=O)c2ccc(O)cc2)cc1C. The third-order valence-electron chi connectivity index (χ3n) is 3.23. The van der Waals surface area contributed by atoms with Gasteiger partial charge in [-0.05, 0) is 61.4 Å². The number of anilines is 1. The maximum Gasteiger partial charge on any atom is 0.338 e. The number of hydrogen-bond acceptors (Lipinski definition) is 4. The van der Waals surface area contributed by atoms with Crippen LogP contribution in [0.2, 0.25) is 0 Å². The van der Waals surface area contributed by atoms with Crippen molar-refractivity contribution in [2.75, 3.05) is 11.9 Å². The van der Waals surface area contributed by atoms with Crippen LogP contribution in [0.15, 0.2) is 42.5 Å². The Morgan fingerprint density at radius 2 is 1.73 bits per heavy atom. The molecule has 1 amide bonds. The van der Waals surface area contributed by atoms with Crippen LogP contribution in [0.3, 0.4) is 0 Å². The van der Waals surface area contributed by atoms with Crippen LogP contribution < -0.4 is 5.32 Å². The molecule has 0 spiro atoms. The predicted octanol–water partition coefficient (Wildman–Crippen LogP) is 2.80. The van der Waals surface area contributed by atoms with Crippen molar-refractivity contribution < 1.29 is 19.4 Å². The van der Waals surface area contributed by atoms with Crippen molar-refractivity contribution in [2.45, 2.75) is 13.8 Å². The van der Waals surface area contributed by atoms with E-state index in [0.717, 1.165) is 11.1 Å². The first-order valence-electron chi connectivity index (χ1n) is 6.79. The lowest BCUT2D eigenvalue weighted by atomic mass is 10.1. The summed E-state index contributed by atoms with van der Waals surface area (Å²) in [5.41, 5.74) is 3.14. The van der Waals surface area contributed by atoms with E-state index in [4.69, 9.17) is 9.84 Å². The molecule has 0 aromatic heterocycles. The zero-order valence-corrected chi connectivity index (χ0v) is 12.4. The van der Waals surface area contributed by atoms with Crippen LogP contribution in [-0.2, 0) is 9.53 Å². The van der Waals surface area contributed by atoms with Gasteiger partial charge >= 0.3 is 5.97 Å². The molecule has 0 saturated carbocycles. The molecule has 0 radical (unpaired) electrons. The Hall–Kier alpha value is -2.82. The second-order valence-corrected chi connectivity index (χ2v) is 4.97. The van der Waals surface area contributed by atoms with Crippen LogP contribution in [0.25, 0.3) is 0 Å². The molecule has 114 valence electrons. The molecule has 0 atom stereocenters. The van der Waals surface area contributed by atoms with E-state index < -0.39 is 11.9 Å². The average Bonchev–Trinajstić information content (AvgIpc) is 2.49. The smallest absolute Gasteiger partial charge is 0.338 e. The van der Waals surface area contributed by atoms with Gasteiger partial charge in [0.15, 0.2) is 6.61 Å². The highest BCUT2D eigenvalue weighted by molar-refractivity contribution is 5.95. The summed E-state index contributed by atoms with van der Waals surface area (Å²) in [6.07, 6.45) is 0. The first-order valence-corrected chi connectivity index (χ1v) is 6.79. The highest BCUT2D eigenvalue weighted by Gasteiger charge is 2.10. The van der Waals surface area contributed by atoms with E-state index in [0.29, 0.717) is 5.69 Å². The van der Waals surface area contributed by atoms with E-state index >= 15 is 0 Å². The monoisotopic (exact) mass is 299 g/mol. The van der Waals surface area contributed by atoms with Gasteiger partial charge in [-0.3, -0.25) is 4.79 Å². The molecule has 0 unspecified atom stereocenters. The van der Waals surface area contributed by atoms with Crippen molar-refractivity contribution in [3.63, 3.8) is 0 Å². The van der Waals surface area contributed by atoms with Gasteiger partial charge in [0.05, 0.1) is 5.56 Å². The van der Waals surface area contributed by atoms with E-state index in [9.17, 15) is 9.59 Å². The molecular weight excluding hydrogens is 282 g/mol. The van der Waals surface area contributed by atoms with Crippen LogP contribution in [0.4, 0.5) is 5.69 Å². The summed E-state index contributed by atoms with van der Waals surface area (Å²) < 4.78 is 4.92. The summed E-state index contributed by atoms with van der Waals surface area (Å²) in [5, 5.41) is 11.8. The molecule has 0 heterocycles. The number of aryl methyl sites for hydroxylation is 2. The molecule has 5 heteroatoms. The summed E-state index contributed by atoms with van der Waals surface area (Å²) >= 11 is 0. The van der Waals surface area contributed by atoms with E-state index in [-0.39, 0.29) is 17.9 Å². The van der Waals surface area contributed by atoms with Gasteiger partial charge in [0, 0.05) is 5.69 Å². The average molecular weight is 299 g/mol. The molecule has 22 heavy (non-hydrogen) atoms. The number of hydrogen-bond donors (Lipinski definition) is 2. The Morgan fingerprint density at radius 3 is 2.36 bits per heavy atom. The van der Waals surface area contributed by atoms with Gasteiger partial charge in [-0.2, -0.15) is 0 Å². The van der Waals surface area contributed by atoms with E-state index in [2.05, 4.69) is 5.32 Å². The van der Waals surface area contributed by atoms with Gasteiger partial charge < -0.3 is 15.2 Å². The Kier molecular flexibility index (Phi) is 4.78. The molecule has 2 N–H and O–H groups in total. The summed E-state index contributed by atoms with van der Waals surface area (Å²) in [4.78, 5) is 23.5. The number of amides is 1. The van der Waals surface area contributed by atoms with Crippen molar-refractivity contribution in [1.82, 2.24) is 0 Å². The number of phenolic OH excluding ortho intramolecular Hbond substituents is 1. The van der Waals surface area contributed by atoms with E-state index in [1.165, 1.54) is 24.3 Å². The van der Waals surface area contributed by atoms with Gasteiger partial charge in [0.25, 0.3) is 5.91 Å². The molecule has 0 bridgehead atoms. The van der Waals surface area contributed by atoms with E-state index in [1.807, 2.05) is 26.0 Å². The molecule has 0 aliphatic heterocycles. The van der Waals surface area contributed by atoms with Crippen LogP contribution in [0.1, 0.15) is 21.5 Å². The molecule has 2 aromatic carbocycles. The largest absolute Gasteiger partial charge is 0.508 e. The van der Waals surface area contributed by atoms with Crippen LogP contribution >= 0.6 is 0 Å². The molecule has 5 nitrogen and oxygen atoms in total. The fourth-order valence-electron chi connectivity index (χ4n) is 1.83. The van der Waals surface area contributed by atoms with Gasteiger partial charge in [-0.25, -0.2) is 4.79 Å². The normalized spacial score (nSPS) is 10.1. The van der Waals surface area contributed by atoms with E-state index in [1.54, 1.807) is 6.07 Å². The minimum Gasteiger partial charge on any atom is -0.508 e. The number of benzene rings is 2. The van der Waals surface area contributed by atoms with Crippen LogP contribution in [0, 0.1) is 13.8 Å². The highest BCUT2D eigenvalue weighted by Crippen LogP contribution is 2.14. The summed E-state index contributed by atoms with van der Waals surface area (Å²) in [5.74, 6) is -0.963. The second kappa shape index (κ2) is 6.76. The van der Waals surface area contributed by atoms with Crippen molar-refractivity contribution in [3.8, 4) is 5.75 Å². The number of carbonyl (C=O) groups excluding carboxylic acids is 2. The molecule has 2 aromatic rings. The maximum atomic E-state index is 11.8. The Labute approximate surface area is 128 Å². The fourth-order valence-corrected chi connectivity index (χ4v) is 1.83. The first-order chi connectivity index (χ1) is 10.5. The Bertz CT molecular complexity index is 692. The zero-order chi connectivity index (χ0) is 16.1. The summed E-state index contributed by atoms with van der Waals surface area (Å²) in [6.45, 7) is 3.57. The lowest BCUT2D eigenvalue weighted by molar-refractivity contribution is -0.119. The highest BCUT2D eigenvalue weighted by atomic mass is 16.5. The van der Waals surface area contributed by atoms with Crippen molar-refractivity contribution in [2.24, 2.45) is 0 Å². The number of carbonyl (C=O) groups is 2.